The summed E-state index contributed by atoms with van der Waals surface area (Å²) in [5.41, 5.74) is 7.47. The molecule has 1 aromatic carbocycles. The first kappa shape index (κ1) is 12.9. The third kappa shape index (κ3) is 2.45. The Bertz CT molecular complexity index is 589. The number of rotatable bonds is 4. The van der Waals surface area contributed by atoms with Crippen molar-refractivity contribution >= 4 is 5.69 Å². The predicted octanol–water partition coefficient (Wildman–Crippen LogP) is 2.12. The minimum Gasteiger partial charge on any atom is -0.495 e. The van der Waals surface area contributed by atoms with Crippen LogP contribution in [0.5, 0.6) is 5.75 Å². The van der Waals surface area contributed by atoms with Crippen LogP contribution < -0.4 is 10.5 Å². The summed E-state index contributed by atoms with van der Waals surface area (Å²) in [7, 11) is 1.61. The van der Waals surface area contributed by atoms with Gasteiger partial charge < -0.3 is 10.5 Å². The highest BCUT2D eigenvalue weighted by Crippen LogP contribution is 2.29. The van der Waals surface area contributed by atoms with Crippen LogP contribution in [0.1, 0.15) is 25.7 Å². The average molecular weight is 273 g/mol. The molecule has 0 radical (unpaired) electrons. The molecule has 3 rings (SSSR count). The lowest BCUT2D eigenvalue weighted by Crippen LogP contribution is -2.10. The van der Waals surface area contributed by atoms with Gasteiger partial charge in [-0.1, -0.05) is 12.8 Å². The molecule has 6 nitrogen and oxygen atoms in total. The number of tetrazole rings is 1. The smallest absolute Gasteiger partial charge is 0.182 e. The number of hydrogen-bond acceptors (Lipinski definition) is 5. The Kier molecular flexibility index (Phi) is 3.54. The van der Waals surface area contributed by atoms with E-state index in [2.05, 4.69) is 15.5 Å². The molecule has 0 saturated heterocycles. The van der Waals surface area contributed by atoms with Gasteiger partial charge in [-0.15, -0.1) is 5.10 Å². The summed E-state index contributed by atoms with van der Waals surface area (Å²) in [6.07, 6.45) is 5.17. The Balaban J connectivity index is 1.86. The number of ether oxygens (including phenoxy) is 1. The van der Waals surface area contributed by atoms with Gasteiger partial charge in [0.1, 0.15) is 5.75 Å². The second-order valence-electron chi connectivity index (χ2n) is 5.29. The van der Waals surface area contributed by atoms with E-state index in [4.69, 9.17) is 10.5 Å². The summed E-state index contributed by atoms with van der Waals surface area (Å²) in [5.74, 6) is 2.13. The summed E-state index contributed by atoms with van der Waals surface area (Å²) in [6, 6.07) is 5.64. The molecule has 1 aliphatic rings. The number of anilines is 1. The minimum atomic E-state index is 0.598. The maximum absolute atomic E-state index is 5.95. The summed E-state index contributed by atoms with van der Waals surface area (Å²) in [6.45, 7) is 0.883. The van der Waals surface area contributed by atoms with Gasteiger partial charge >= 0.3 is 0 Å². The van der Waals surface area contributed by atoms with E-state index in [0.717, 1.165) is 17.9 Å². The maximum atomic E-state index is 5.95. The fourth-order valence-corrected chi connectivity index (χ4v) is 2.85. The largest absolute Gasteiger partial charge is 0.495 e. The highest BCUT2D eigenvalue weighted by atomic mass is 16.5. The molecule has 0 amide bonds. The van der Waals surface area contributed by atoms with Crippen molar-refractivity contribution in [3.8, 4) is 17.1 Å². The van der Waals surface area contributed by atoms with E-state index in [-0.39, 0.29) is 0 Å². The molecule has 0 spiro atoms. The normalized spacial score (nSPS) is 15.7. The first-order chi connectivity index (χ1) is 9.78. The molecular weight excluding hydrogens is 254 g/mol. The van der Waals surface area contributed by atoms with Crippen molar-refractivity contribution in [3.63, 3.8) is 0 Å². The van der Waals surface area contributed by atoms with Gasteiger partial charge in [0.05, 0.1) is 12.8 Å². The summed E-state index contributed by atoms with van der Waals surface area (Å²) in [5, 5.41) is 12.0. The van der Waals surface area contributed by atoms with E-state index in [0.29, 0.717) is 17.4 Å². The topological polar surface area (TPSA) is 78.9 Å². The molecule has 2 aromatic rings. The molecule has 1 saturated carbocycles. The van der Waals surface area contributed by atoms with Crippen LogP contribution in [0, 0.1) is 5.92 Å². The van der Waals surface area contributed by atoms with Crippen molar-refractivity contribution in [1.29, 1.82) is 0 Å². The molecular formula is C14H19N5O. The maximum Gasteiger partial charge on any atom is 0.182 e. The van der Waals surface area contributed by atoms with E-state index in [1.807, 2.05) is 22.9 Å². The second-order valence-corrected chi connectivity index (χ2v) is 5.29. The average Bonchev–Trinajstić information content (AvgIpc) is 3.11. The second kappa shape index (κ2) is 5.48. The van der Waals surface area contributed by atoms with Crippen LogP contribution in [0.4, 0.5) is 5.69 Å². The SMILES string of the molecule is COc1ccc(-c2nnnn2CC2CCCC2)cc1N. The van der Waals surface area contributed by atoms with Crippen LogP contribution in [0.15, 0.2) is 18.2 Å². The molecule has 0 atom stereocenters. The Hall–Kier alpha value is -2.11. The van der Waals surface area contributed by atoms with Gasteiger partial charge in [-0.2, -0.15) is 0 Å². The van der Waals surface area contributed by atoms with Crippen molar-refractivity contribution in [2.45, 2.75) is 32.2 Å². The predicted molar refractivity (Wildman–Crippen MR) is 76.2 cm³/mol. The van der Waals surface area contributed by atoms with Crippen molar-refractivity contribution in [2.75, 3.05) is 12.8 Å². The van der Waals surface area contributed by atoms with Crippen LogP contribution in [0.25, 0.3) is 11.4 Å². The zero-order chi connectivity index (χ0) is 13.9. The van der Waals surface area contributed by atoms with Gasteiger partial charge in [-0.05, 0) is 47.4 Å². The first-order valence-electron chi connectivity index (χ1n) is 6.98. The summed E-state index contributed by atoms with van der Waals surface area (Å²) < 4.78 is 7.06. The van der Waals surface area contributed by atoms with Crippen molar-refractivity contribution in [2.24, 2.45) is 5.92 Å². The number of aromatic nitrogens is 4. The first-order valence-corrected chi connectivity index (χ1v) is 6.98. The lowest BCUT2D eigenvalue weighted by atomic mass is 10.1. The quantitative estimate of drug-likeness (QED) is 0.863. The third-order valence-electron chi connectivity index (χ3n) is 3.93. The third-order valence-corrected chi connectivity index (χ3v) is 3.93. The van der Waals surface area contributed by atoms with Crippen LogP contribution >= 0.6 is 0 Å². The zero-order valence-electron chi connectivity index (χ0n) is 11.6. The standard InChI is InChI=1S/C14H19N5O/c1-20-13-7-6-11(8-12(13)15)14-16-17-18-19(14)9-10-4-2-3-5-10/h6-8,10H,2-5,9,15H2,1H3. The van der Waals surface area contributed by atoms with E-state index >= 15 is 0 Å². The number of benzene rings is 1. The Morgan fingerprint density at radius 1 is 1.35 bits per heavy atom. The molecule has 2 N–H and O–H groups in total. The van der Waals surface area contributed by atoms with Crippen LogP contribution in [-0.4, -0.2) is 27.3 Å². The van der Waals surface area contributed by atoms with Crippen LogP contribution in [0.2, 0.25) is 0 Å². The van der Waals surface area contributed by atoms with E-state index in [1.54, 1.807) is 7.11 Å². The molecule has 6 heteroatoms. The molecule has 20 heavy (non-hydrogen) atoms. The summed E-state index contributed by atoms with van der Waals surface area (Å²) in [4.78, 5) is 0. The fourth-order valence-electron chi connectivity index (χ4n) is 2.85. The molecule has 0 aliphatic heterocycles. The fraction of sp³-hybridized carbons (Fsp3) is 0.500. The van der Waals surface area contributed by atoms with Crippen LogP contribution in [-0.2, 0) is 6.54 Å². The lowest BCUT2D eigenvalue weighted by Gasteiger charge is -2.11. The van der Waals surface area contributed by atoms with Gasteiger partial charge in [0, 0.05) is 12.1 Å². The van der Waals surface area contributed by atoms with Gasteiger partial charge in [-0.3, -0.25) is 0 Å². The molecule has 0 unspecified atom stereocenters. The van der Waals surface area contributed by atoms with Crippen molar-refractivity contribution in [3.05, 3.63) is 18.2 Å². The highest BCUT2D eigenvalue weighted by Gasteiger charge is 2.19. The molecule has 0 bridgehead atoms. The van der Waals surface area contributed by atoms with Gasteiger partial charge in [0.25, 0.3) is 0 Å². The Morgan fingerprint density at radius 3 is 2.85 bits per heavy atom. The Labute approximate surface area is 117 Å². The highest BCUT2D eigenvalue weighted by molar-refractivity contribution is 5.66. The molecule has 106 valence electrons. The van der Waals surface area contributed by atoms with Crippen LogP contribution in [0.3, 0.4) is 0 Å². The van der Waals surface area contributed by atoms with E-state index in [1.165, 1.54) is 25.7 Å². The lowest BCUT2D eigenvalue weighted by molar-refractivity contribution is 0.417. The number of nitrogens with two attached hydrogens (primary N) is 1. The number of methoxy groups -OCH3 is 1. The zero-order valence-corrected chi connectivity index (χ0v) is 11.6. The number of hydrogen-bond donors (Lipinski definition) is 1. The van der Waals surface area contributed by atoms with E-state index < -0.39 is 0 Å². The van der Waals surface area contributed by atoms with Crippen molar-refractivity contribution < 1.29 is 4.74 Å². The molecule has 1 fully saturated rings. The molecule has 1 heterocycles. The Morgan fingerprint density at radius 2 is 2.15 bits per heavy atom. The molecule has 1 aliphatic carbocycles. The number of nitrogen functional groups attached to an aromatic ring is 1. The van der Waals surface area contributed by atoms with E-state index in [9.17, 15) is 0 Å². The minimum absolute atomic E-state index is 0.598. The van der Waals surface area contributed by atoms with Gasteiger partial charge in [0.2, 0.25) is 0 Å². The van der Waals surface area contributed by atoms with Crippen molar-refractivity contribution in [1.82, 2.24) is 20.2 Å². The molecule has 1 aromatic heterocycles. The van der Waals surface area contributed by atoms with Gasteiger partial charge in [-0.25, -0.2) is 4.68 Å². The summed E-state index contributed by atoms with van der Waals surface area (Å²) >= 11 is 0. The van der Waals surface area contributed by atoms with Gasteiger partial charge in [0.15, 0.2) is 5.82 Å². The monoisotopic (exact) mass is 273 g/mol. The number of nitrogens with zero attached hydrogens (tertiary/aromatic N) is 4.